The van der Waals surface area contributed by atoms with Crippen LogP contribution in [0.3, 0.4) is 0 Å². The van der Waals surface area contributed by atoms with Crippen molar-refractivity contribution in [2.24, 2.45) is 0 Å². The average molecular weight is 213 g/mol. The Balaban J connectivity index is -0.0000000154. The molecule has 0 radical (unpaired) electrons. The Morgan fingerprint density at radius 1 is 1.00 bits per heavy atom. The second kappa shape index (κ2) is 17.2. The molecule has 0 saturated heterocycles. The van der Waals surface area contributed by atoms with E-state index < -0.39 is 10.4 Å². The zero-order chi connectivity index (χ0) is 6.50. The second-order valence-electron chi connectivity index (χ2n) is 0.448. The summed E-state index contributed by atoms with van der Waals surface area (Å²) in [6.45, 7) is 0. The quantitative estimate of drug-likeness (QED) is 0.159. The summed E-state index contributed by atoms with van der Waals surface area (Å²) < 4.78 is 31.6. The first-order valence-corrected chi connectivity index (χ1v) is 2.28. The molecule has 0 saturated carbocycles. The van der Waals surface area contributed by atoms with E-state index in [1.807, 2.05) is 0 Å². The van der Waals surface area contributed by atoms with Crippen LogP contribution in [-0.2, 0) is 10.4 Å². The molecular formula is H3ClNa2O6S. The molecule has 0 aliphatic carbocycles. The van der Waals surface area contributed by atoms with Gasteiger partial charge in [0.15, 0.2) is 0 Å². The van der Waals surface area contributed by atoms with Gasteiger partial charge in [0.25, 0.3) is 0 Å². The number of halogens is 1. The Morgan fingerprint density at radius 2 is 1.00 bits per heavy atom. The van der Waals surface area contributed by atoms with Gasteiger partial charge < -0.3 is 22.9 Å². The van der Waals surface area contributed by atoms with Gasteiger partial charge in [0, 0.05) is 0 Å². The molecule has 0 aliphatic rings. The summed E-state index contributed by atoms with van der Waals surface area (Å²) in [5.74, 6) is 0. The molecule has 0 atom stereocenters. The summed E-state index contributed by atoms with van der Waals surface area (Å²) in [6, 6.07) is 0. The van der Waals surface area contributed by atoms with E-state index in [0.717, 1.165) is 0 Å². The fraction of sp³-hybridized carbons (Fsp3) is 0. The number of hydrogen-bond acceptors (Lipinski definition) is 4. The summed E-state index contributed by atoms with van der Waals surface area (Å²) in [5.41, 5.74) is 0. The third-order valence-electron chi connectivity index (χ3n) is 0. The zero-order valence-corrected chi connectivity index (χ0v) is 10.9. The van der Waals surface area contributed by atoms with E-state index in [2.05, 4.69) is 0 Å². The molecule has 0 bridgehead atoms. The van der Waals surface area contributed by atoms with Crippen molar-refractivity contribution in [1.29, 1.82) is 0 Å². The Kier molecular flexibility index (Phi) is 51.0. The molecule has 54 valence electrons. The maximum absolute atomic E-state index is 8.74. The maximum Gasteiger partial charge on any atom is 1.00 e. The normalized spacial score (nSPS) is 6.40. The fourth-order valence-electron chi connectivity index (χ4n) is 0. The van der Waals surface area contributed by atoms with Crippen LogP contribution in [0.5, 0.6) is 0 Å². The van der Waals surface area contributed by atoms with Gasteiger partial charge in [0.2, 0.25) is 0 Å². The molecule has 0 aliphatic heterocycles. The van der Waals surface area contributed by atoms with Crippen LogP contribution in [0.15, 0.2) is 0 Å². The molecule has 0 aromatic carbocycles. The van der Waals surface area contributed by atoms with E-state index in [9.17, 15) is 0 Å². The van der Waals surface area contributed by atoms with Gasteiger partial charge in [-0.1, -0.05) is 0 Å². The van der Waals surface area contributed by atoms with Crippen molar-refractivity contribution >= 4 is 10.4 Å². The topological polar surface area (TPSA) is 118 Å². The van der Waals surface area contributed by atoms with E-state index >= 15 is 0 Å². The first-order chi connectivity index (χ1) is 3.00. The Bertz CT molecular complexity index is 98.9. The van der Waals surface area contributed by atoms with Gasteiger partial charge in [-0.05, 0) is 0 Å². The van der Waals surface area contributed by atoms with Crippen molar-refractivity contribution in [3.05, 3.63) is 0 Å². The van der Waals surface area contributed by atoms with Crippen LogP contribution in [0.25, 0.3) is 0 Å². The van der Waals surface area contributed by atoms with E-state index in [1.54, 1.807) is 0 Å². The number of rotatable bonds is 0. The molecule has 0 aromatic heterocycles. The first kappa shape index (κ1) is 29.6. The van der Waals surface area contributed by atoms with Gasteiger partial charge in [0.05, 0.1) is 0 Å². The third-order valence-corrected chi connectivity index (χ3v) is 0. The SMILES string of the molecule is O=S(=O)(O)O.[Cl-].[Na+].[Na+].[O-]O. The van der Waals surface area contributed by atoms with Gasteiger partial charge in [-0.25, -0.2) is 0 Å². The second-order valence-corrected chi connectivity index (χ2v) is 1.34. The van der Waals surface area contributed by atoms with Gasteiger partial charge in [-0.2, -0.15) is 8.42 Å². The van der Waals surface area contributed by atoms with Crippen molar-refractivity contribution in [2.75, 3.05) is 0 Å². The van der Waals surface area contributed by atoms with Gasteiger partial charge in [-0.3, -0.25) is 9.11 Å². The summed E-state index contributed by atoms with van der Waals surface area (Å²) >= 11 is 0. The molecule has 0 heterocycles. The predicted molar refractivity (Wildman–Crippen MR) is 16.8 cm³/mol. The van der Waals surface area contributed by atoms with Crippen LogP contribution in [0.4, 0.5) is 0 Å². The Labute approximate surface area is 109 Å². The summed E-state index contributed by atoms with van der Waals surface area (Å²) in [5, 5.41) is 13.0. The molecule has 0 unspecified atom stereocenters. The minimum Gasteiger partial charge on any atom is -1.00 e. The Morgan fingerprint density at radius 3 is 1.00 bits per heavy atom. The molecular weight excluding hydrogens is 209 g/mol. The smallest absolute Gasteiger partial charge is 1.00 e. The van der Waals surface area contributed by atoms with Crippen LogP contribution in [-0.4, -0.2) is 22.8 Å². The molecule has 10 heteroatoms. The number of hydrogen-bond donors (Lipinski definition) is 3. The molecule has 0 rings (SSSR count). The predicted octanol–water partition coefficient (Wildman–Crippen LogP) is -10.8. The van der Waals surface area contributed by atoms with E-state index in [4.69, 9.17) is 28.0 Å². The van der Waals surface area contributed by atoms with Gasteiger partial charge >= 0.3 is 69.5 Å². The first-order valence-electron chi connectivity index (χ1n) is 0.881. The van der Waals surface area contributed by atoms with Crippen molar-refractivity contribution in [2.45, 2.75) is 0 Å². The molecule has 0 fully saturated rings. The van der Waals surface area contributed by atoms with Gasteiger partial charge in [-0.15, -0.1) is 0 Å². The van der Waals surface area contributed by atoms with Crippen LogP contribution >= 0.6 is 0 Å². The average Bonchev–Trinajstić information content (AvgIpc) is 1.36. The van der Waals surface area contributed by atoms with Crippen LogP contribution in [0.2, 0.25) is 0 Å². The minimum atomic E-state index is -4.67. The molecule has 10 heavy (non-hydrogen) atoms. The summed E-state index contributed by atoms with van der Waals surface area (Å²) in [7, 11) is -4.67. The molecule has 0 amide bonds. The van der Waals surface area contributed by atoms with Crippen molar-refractivity contribution in [1.82, 2.24) is 0 Å². The maximum atomic E-state index is 8.74. The summed E-state index contributed by atoms with van der Waals surface area (Å²) in [6.07, 6.45) is 0. The van der Waals surface area contributed by atoms with E-state index in [1.165, 1.54) is 0 Å². The van der Waals surface area contributed by atoms with Crippen LogP contribution < -0.4 is 76.8 Å². The molecule has 0 spiro atoms. The van der Waals surface area contributed by atoms with Crippen molar-refractivity contribution in [3.63, 3.8) is 0 Å². The standard InChI is InChI=1S/ClH.2Na.H2O4S.H2O2/c;;;1-5(2,3)4;1-2/h1H;;;(H2,1,2,3,4);1-2H/q;2*+1;;/p-2. The molecule has 3 N–H and O–H groups in total. The van der Waals surface area contributed by atoms with E-state index in [0.29, 0.717) is 0 Å². The van der Waals surface area contributed by atoms with E-state index in [-0.39, 0.29) is 71.5 Å². The van der Waals surface area contributed by atoms with Crippen LogP contribution in [0, 0.1) is 0 Å². The summed E-state index contributed by atoms with van der Waals surface area (Å²) in [4.78, 5) is 0. The molecule has 0 aromatic rings. The molecule has 6 nitrogen and oxygen atoms in total. The largest absolute Gasteiger partial charge is 1.00 e. The third kappa shape index (κ3) is 192. The zero-order valence-electron chi connectivity index (χ0n) is 5.35. The monoisotopic (exact) mass is 212 g/mol. The van der Waals surface area contributed by atoms with Crippen molar-refractivity contribution in [3.8, 4) is 0 Å². The van der Waals surface area contributed by atoms with Crippen LogP contribution in [0.1, 0.15) is 0 Å². The fourth-order valence-corrected chi connectivity index (χ4v) is 0. The minimum absolute atomic E-state index is 0. The Hall–Kier alpha value is 2.08. The van der Waals surface area contributed by atoms with Gasteiger partial charge in [0.1, 0.15) is 0 Å². The van der Waals surface area contributed by atoms with Crippen molar-refractivity contribution < 1.29 is 99.6 Å².